The molecule has 0 saturated heterocycles. The lowest BCUT2D eigenvalue weighted by molar-refractivity contribution is 0.0681. The van der Waals surface area contributed by atoms with Crippen molar-refractivity contribution in [3.8, 4) is 5.69 Å². The van der Waals surface area contributed by atoms with Crippen molar-refractivity contribution in [3.05, 3.63) is 81.0 Å². The Morgan fingerprint density at radius 1 is 1.17 bits per heavy atom. The summed E-state index contributed by atoms with van der Waals surface area (Å²) in [6.45, 7) is -0.298. The lowest BCUT2D eigenvalue weighted by Crippen LogP contribution is -2.19. The summed E-state index contributed by atoms with van der Waals surface area (Å²) in [7, 11) is 0. The third kappa shape index (κ3) is 4.94. The van der Waals surface area contributed by atoms with E-state index in [4.69, 9.17) is 26.6 Å². The second-order valence-corrected chi connectivity index (χ2v) is 7.42. The number of benzene rings is 2. The molecule has 0 aliphatic heterocycles. The molecule has 2 aromatic carbocycles. The molecule has 35 heavy (non-hydrogen) atoms. The van der Waals surface area contributed by atoms with Crippen LogP contribution >= 0.6 is 11.6 Å². The number of amides is 1. The number of carboxylic acids is 2. The number of nitrogens with one attached hydrogen (secondary N) is 2. The summed E-state index contributed by atoms with van der Waals surface area (Å²) < 4.78 is 20.4. The van der Waals surface area contributed by atoms with E-state index >= 15 is 0 Å². The van der Waals surface area contributed by atoms with Crippen molar-refractivity contribution in [1.29, 1.82) is 0 Å². The van der Waals surface area contributed by atoms with Crippen molar-refractivity contribution < 1.29 is 33.7 Å². The molecule has 4 N–H and O–H groups in total. The summed E-state index contributed by atoms with van der Waals surface area (Å²) in [5.41, 5.74) is -1.03. The van der Waals surface area contributed by atoms with E-state index in [9.17, 15) is 23.6 Å². The van der Waals surface area contributed by atoms with E-state index in [1.165, 1.54) is 29.2 Å². The molecule has 4 rings (SSSR count). The lowest BCUT2D eigenvalue weighted by Gasteiger charge is -2.08. The predicted molar refractivity (Wildman–Crippen MR) is 119 cm³/mol. The Hall–Kier alpha value is -4.78. The molecular formula is C21H13ClFN5O7. The maximum atomic E-state index is 13.9. The molecule has 12 nitrogen and oxygen atoms in total. The molecule has 0 atom stereocenters. The van der Waals surface area contributed by atoms with Gasteiger partial charge in [-0.15, -0.1) is 0 Å². The number of halogens is 2. The van der Waals surface area contributed by atoms with Gasteiger partial charge in [-0.25, -0.2) is 28.7 Å². The van der Waals surface area contributed by atoms with Crippen molar-refractivity contribution in [2.45, 2.75) is 6.61 Å². The van der Waals surface area contributed by atoms with Crippen molar-refractivity contribution in [2.75, 3.05) is 5.32 Å². The largest absolute Gasteiger partial charge is 0.478 e. The zero-order chi connectivity index (χ0) is 25.3. The quantitative estimate of drug-likeness (QED) is 0.309. The molecule has 2 heterocycles. The maximum absolute atomic E-state index is 13.9. The topological polar surface area (TPSA) is 176 Å². The highest BCUT2D eigenvalue weighted by molar-refractivity contribution is 6.33. The number of hydrogen-bond acceptors (Lipinski definition) is 7. The summed E-state index contributed by atoms with van der Waals surface area (Å²) in [6.07, 6.45) is 1.84. The number of ether oxygens (including phenoxy) is 1. The number of aromatic amines is 1. The SMILES string of the molecule is O=C(Nc1ccc(C(=O)O)cc1F)OCc1cn(-c2cc3nc(C(=O)O)c(=O)[nH]c3cc2Cl)cn1. The van der Waals surface area contributed by atoms with Crippen molar-refractivity contribution in [3.63, 3.8) is 0 Å². The number of aromatic carboxylic acids is 2. The number of nitrogens with zero attached hydrogens (tertiary/aromatic N) is 3. The third-order valence-corrected chi connectivity index (χ3v) is 4.98. The van der Waals surface area contributed by atoms with Gasteiger partial charge in [0.2, 0.25) is 5.69 Å². The van der Waals surface area contributed by atoms with Crippen LogP contribution in [0.15, 0.2) is 47.7 Å². The van der Waals surface area contributed by atoms with E-state index in [0.29, 0.717) is 11.4 Å². The second kappa shape index (κ2) is 9.23. The fourth-order valence-corrected chi connectivity index (χ4v) is 3.31. The zero-order valence-corrected chi connectivity index (χ0v) is 18.0. The fraction of sp³-hybridized carbons (Fsp3) is 0.0476. The Morgan fingerprint density at radius 3 is 2.63 bits per heavy atom. The number of anilines is 1. The lowest BCUT2D eigenvalue weighted by atomic mass is 10.2. The van der Waals surface area contributed by atoms with Crippen LogP contribution in [0, 0.1) is 5.82 Å². The minimum Gasteiger partial charge on any atom is -0.478 e. The number of imidazole rings is 1. The molecule has 0 fully saturated rings. The summed E-state index contributed by atoms with van der Waals surface area (Å²) >= 11 is 6.28. The van der Waals surface area contributed by atoms with Gasteiger partial charge in [-0.05, 0) is 30.3 Å². The molecule has 0 radical (unpaired) electrons. The number of fused-ring (bicyclic) bond motifs is 1. The minimum absolute atomic E-state index is 0.170. The highest BCUT2D eigenvalue weighted by Crippen LogP contribution is 2.25. The maximum Gasteiger partial charge on any atom is 0.412 e. The number of H-pyrrole nitrogens is 1. The summed E-state index contributed by atoms with van der Waals surface area (Å²) in [6, 6.07) is 5.83. The standard InChI is InChI=1S/C21H13ClFN5O7/c22-11-4-14-15(25-17(20(32)33)18(29)26-14)5-16(11)28-6-10(24-8-28)7-35-21(34)27-13-2-1-9(19(30)31)3-12(13)23/h1-6,8H,7H2,(H,26,29)(H,27,34)(H,30,31)(H,32,33). The highest BCUT2D eigenvalue weighted by Gasteiger charge is 2.16. The normalized spacial score (nSPS) is 10.8. The van der Waals surface area contributed by atoms with Crippen LogP contribution in [0.25, 0.3) is 16.7 Å². The first-order valence-corrected chi connectivity index (χ1v) is 9.97. The van der Waals surface area contributed by atoms with Gasteiger partial charge in [-0.3, -0.25) is 10.1 Å². The Labute approximate surface area is 198 Å². The van der Waals surface area contributed by atoms with Crippen LogP contribution in [0.2, 0.25) is 5.02 Å². The molecule has 0 spiro atoms. The highest BCUT2D eigenvalue weighted by atomic mass is 35.5. The summed E-state index contributed by atoms with van der Waals surface area (Å²) in [4.78, 5) is 56.2. The molecular weight excluding hydrogens is 489 g/mol. The van der Waals surface area contributed by atoms with E-state index in [1.54, 1.807) is 0 Å². The van der Waals surface area contributed by atoms with E-state index < -0.39 is 35.1 Å². The van der Waals surface area contributed by atoms with Crippen LogP contribution in [-0.2, 0) is 11.3 Å². The monoisotopic (exact) mass is 501 g/mol. The van der Waals surface area contributed by atoms with Gasteiger partial charge < -0.3 is 24.5 Å². The number of rotatable bonds is 6. The van der Waals surface area contributed by atoms with E-state index in [0.717, 1.165) is 18.2 Å². The van der Waals surface area contributed by atoms with E-state index in [2.05, 4.69) is 20.3 Å². The Bertz CT molecular complexity index is 1570. The van der Waals surface area contributed by atoms with Crippen molar-refractivity contribution in [2.24, 2.45) is 0 Å². The number of aromatic nitrogens is 4. The van der Waals surface area contributed by atoms with Gasteiger partial charge in [0.15, 0.2) is 0 Å². The van der Waals surface area contributed by atoms with Crippen LogP contribution in [0.1, 0.15) is 26.5 Å². The smallest absolute Gasteiger partial charge is 0.412 e. The molecule has 1 amide bonds. The molecule has 0 aliphatic rings. The first-order valence-electron chi connectivity index (χ1n) is 9.59. The van der Waals surface area contributed by atoms with Crippen molar-refractivity contribution in [1.82, 2.24) is 19.5 Å². The number of carbonyl (C=O) groups excluding carboxylic acids is 1. The molecule has 0 bridgehead atoms. The van der Waals surface area contributed by atoms with Crippen molar-refractivity contribution >= 4 is 46.4 Å². The predicted octanol–water partition coefficient (Wildman–Crippen LogP) is 3.05. The van der Waals surface area contributed by atoms with E-state index in [1.807, 2.05) is 0 Å². The number of carboxylic acid groups (broad SMARTS) is 2. The zero-order valence-electron chi connectivity index (χ0n) is 17.3. The van der Waals surface area contributed by atoms with Gasteiger partial charge in [-0.1, -0.05) is 11.6 Å². The summed E-state index contributed by atoms with van der Waals surface area (Å²) in [5.74, 6) is -3.74. The van der Waals surface area contributed by atoms with Gasteiger partial charge in [0, 0.05) is 6.20 Å². The van der Waals surface area contributed by atoms with Gasteiger partial charge in [0.1, 0.15) is 12.4 Å². The molecule has 0 aliphatic carbocycles. The van der Waals surface area contributed by atoms with Gasteiger partial charge in [0.05, 0.1) is 45.0 Å². The van der Waals surface area contributed by atoms with Crippen LogP contribution in [-0.4, -0.2) is 47.8 Å². The average Bonchev–Trinajstić information content (AvgIpc) is 3.26. The average molecular weight is 502 g/mol. The fourth-order valence-electron chi connectivity index (χ4n) is 3.04. The minimum atomic E-state index is -1.48. The van der Waals surface area contributed by atoms with Gasteiger partial charge in [0.25, 0.3) is 5.56 Å². The second-order valence-electron chi connectivity index (χ2n) is 7.01. The van der Waals surface area contributed by atoms with Crippen LogP contribution in [0.3, 0.4) is 0 Å². The Morgan fingerprint density at radius 2 is 1.94 bits per heavy atom. The molecule has 0 unspecified atom stereocenters. The van der Waals surface area contributed by atoms with Crippen LogP contribution in [0.4, 0.5) is 14.9 Å². The first-order chi connectivity index (χ1) is 16.6. The Kier molecular flexibility index (Phi) is 6.16. The molecule has 178 valence electrons. The first kappa shape index (κ1) is 23.4. The summed E-state index contributed by atoms with van der Waals surface area (Å²) in [5, 5.41) is 20.3. The van der Waals surface area contributed by atoms with Crippen LogP contribution < -0.4 is 10.9 Å². The molecule has 14 heteroatoms. The molecule has 2 aromatic heterocycles. The van der Waals surface area contributed by atoms with Gasteiger partial charge in [-0.2, -0.15) is 0 Å². The Balaban J connectivity index is 1.48. The third-order valence-electron chi connectivity index (χ3n) is 4.68. The molecule has 4 aromatic rings. The number of carbonyl (C=O) groups is 3. The molecule has 0 saturated carbocycles. The van der Waals surface area contributed by atoms with Crippen LogP contribution in [0.5, 0.6) is 0 Å². The van der Waals surface area contributed by atoms with E-state index in [-0.39, 0.29) is 33.9 Å². The van der Waals surface area contributed by atoms with Gasteiger partial charge >= 0.3 is 18.0 Å². The number of hydrogen-bond donors (Lipinski definition) is 4.